The van der Waals surface area contributed by atoms with Gasteiger partial charge in [-0.15, -0.1) is 11.3 Å². The van der Waals surface area contributed by atoms with Gasteiger partial charge in [-0.1, -0.05) is 42.5 Å². The molecule has 1 amide bonds. The SMILES string of the molecule is CCOc1ccccc1NC(=O)C(OC(=O)c1scnc1C)c1ccccc1. The lowest BCUT2D eigenvalue weighted by atomic mass is 10.1. The second kappa shape index (κ2) is 9.14. The van der Waals surface area contributed by atoms with Crippen LogP contribution >= 0.6 is 11.3 Å². The summed E-state index contributed by atoms with van der Waals surface area (Å²) in [7, 11) is 0. The quantitative estimate of drug-likeness (QED) is 0.600. The molecule has 6 nitrogen and oxygen atoms in total. The number of aromatic nitrogens is 1. The summed E-state index contributed by atoms with van der Waals surface area (Å²) in [5.74, 6) is -0.495. The molecule has 144 valence electrons. The second-order valence-corrected chi connectivity index (χ2v) is 6.74. The fourth-order valence-corrected chi connectivity index (χ4v) is 3.29. The number of amides is 1. The van der Waals surface area contributed by atoms with Gasteiger partial charge in [-0.3, -0.25) is 4.79 Å². The van der Waals surface area contributed by atoms with Crippen LogP contribution in [0.2, 0.25) is 0 Å². The van der Waals surface area contributed by atoms with Crippen molar-refractivity contribution in [2.24, 2.45) is 0 Å². The minimum atomic E-state index is -1.11. The van der Waals surface area contributed by atoms with Gasteiger partial charge >= 0.3 is 5.97 Å². The van der Waals surface area contributed by atoms with Crippen molar-refractivity contribution in [3.05, 3.63) is 76.2 Å². The molecule has 1 aromatic heterocycles. The number of carbonyl (C=O) groups excluding carboxylic acids is 2. The fourth-order valence-electron chi connectivity index (χ4n) is 2.61. The first-order chi connectivity index (χ1) is 13.6. The second-order valence-electron chi connectivity index (χ2n) is 5.88. The molecule has 0 aliphatic carbocycles. The topological polar surface area (TPSA) is 77.5 Å². The van der Waals surface area contributed by atoms with E-state index in [0.717, 1.165) is 0 Å². The summed E-state index contributed by atoms with van der Waals surface area (Å²) in [6.07, 6.45) is -1.11. The van der Waals surface area contributed by atoms with Crippen LogP contribution in [-0.2, 0) is 9.53 Å². The largest absolute Gasteiger partial charge is 0.492 e. The molecule has 3 aromatic rings. The highest BCUT2D eigenvalue weighted by Gasteiger charge is 2.27. The highest BCUT2D eigenvalue weighted by atomic mass is 32.1. The predicted octanol–water partition coefficient (Wildman–Crippen LogP) is 4.39. The summed E-state index contributed by atoms with van der Waals surface area (Å²) in [5, 5.41) is 2.81. The van der Waals surface area contributed by atoms with E-state index in [9.17, 15) is 9.59 Å². The Balaban J connectivity index is 1.86. The monoisotopic (exact) mass is 396 g/mol. The Hall–Kier alpha value is -3.19. The molecule has 3 rings (SSSR count). The summed E-state index contributed by atoms with van der Waals surface area (Å²) < 4.78 is 11.1. The van der Waals surface area contributed by atoms with Crippen LogP contribution in [0.5, 0.6) is 5.75 Å². The third-order valence-electron chi connectivity index (χ3n) is 3.94. The molecular formula is C21H20N2O4S. The maximum Gasteiger partial charge on any atom is 0.351 e. The van der Waals surface area contributed by atoms with Crippen LogP contribution in [-0.4, -0.2) is 23.5 Å². The molecule has 1 unspecified atom stereocenters. The van der Waals surface area contributed by atoms with Crippen LogP contribution in [0.4, 0.5) is 5.69 Å². The third-order valence-corrected chi connectivity index (χ3v) is 4.85. The molecule has 7 heteroatoms. The van der Waals surface area contributed by atoms with Gasteiger partial charge in [0.25, 0.3) is 5.91 Å². The molecule has 0 aliphatic heterocycles. The first-order valence-corrected chi connectivity index (χ1v) is 9.66. The average Bonchev–Trinajstić information content (AvgIpc) is 3.14. The van der Waals surface area contributed by atoms with Gasteiger partial charge in [-0.2, -0.15) is 0 Å². The van der Waals surface area contributed by atoms with Gasteiger partial charge in [0.2, 0.25) is 6.10 Å². The number of rotatable bonds is 7. The molecule has 0 fully saturated rings. The zero-order valence-electron chi connectivity index (χ0n) is 15.5. The molecule has 0 bridgehead atoms. The lowest BCUT2D eigenvalue weighted by molar-refractivity contribution is -0.125. The molecule has 0 saturated carbocycles. The van der Waals surface area contributed by atoms with Crippen LogP contribution in [0, 0.1) is 6.92 Å². The maximum atomic E-state index is 13.0. The molecule has 0 radical (unpaired) electrons. The average molecular weight is 396 g/mol. The molecule has 0 saturated heterocycles. The fraction of sp³-hybridized carbons (Fsp3) is 0.190. The predicted molar refractivity (Wildman–Crippen MR) is 108 cm³/mol. The minimum Gasteiger partial charge on any atom is -0.492 e. The van der Waals surface area contributed by atoms with Crippen molar-refractivity contribution in [1.82, 2.24) is 4.98 Å². The zero-order chi connectivity index (χ0) is 19.9. The zero-order valence-corrected chi connectivity index (χ0v) is 16.4. The highest BCUT2D eigenvalue weighted by molar-refractivity contribution is 7.11. The van der Waals surface area contributed by atoms with Crippen molar-refractivity contribution in [2.75, 3.05) is 11.9 Å². The van der Waals surface area contributed by atoms with Gasteiger partial charge in [0.1, 0.15) is 10.6 Å². The molecule has 1 atom stereocenters. The number of anilines is 1. The van der Waals surface area contributed by atoms with Gasteiger partial charge < -0.3 is 14.8 Å². The lowest BCUT2D eigenvalue weighted by Gasteiger charge is -2.19. The van der Waals surface area contributed by atoms with Crippen LogP contribution < -0.4 is 10.1 Å². The van der Waals surface area contributed by atoms with Crippen LogP contribution in [0.25, 0.3) is 0 Å². The smallest absolute Gasteiger partial charge is 0.351 e. The summed E-state index contributed by atoms with van der Waals surface area (Å²) >= 11 is 1.18. The summed E-state index contributed by atoms with van der Waals surface area (Å²) in [6.45, 7) is 4.06. The molecule has 0 spiro atoms. The number of hydrogen-bond acceptors (Lipinski definition) is 6. The van der Waals surface area contributed by atoms with Crippen molar-refractivity contribution in [1.29, 1.82) is 0 Å². The lowest BCUT2D eigenvalue weighted by Crippen LogP contribution is -2.26. The highest BCUT2D eigenvalue weighted by Crippen LogP contribution is 2.27. The number of aryl methyl sites for hydroxylation is 1. The number of nitrogens with zero attached hydrogens (tertiary/aromatic N) is 1. The molecule has 28 heavy (non-hydrogen) atoms. The Labute approximate surface area is 167 Å². The number of ether oxygens (including phenoxy) is 2. The molecule has 1 N–H and O–H groups in total. The Morgan fingerprint density at radius 2 is 1.82 bits per heavy atom. The third kappa shape index (κ3) is 4.55. The van der Waals surface area contributed by atoms with E-state index in [2.05, 4.69) is 10.3 Å². The molecular weight excluding hydrogens is 376 g/mol. The standard InChI is InChI=1S/C21H20N2O4S/c1-3-26-17-12-8-7-11-16(17)23-20(24)18(15-9-5-4-6-10-15)27-21(25)19-14(2)22-13-28-19/h4-13,18H,3H2,1-2H3,(H,23,24). The summed E-state index contributed by atoms with van der Waals surface area (Å²) in [6, 6.07) is 16.0. The molecule has 2 aromatic carbocycles. The van der Waals surface area contributed by atoms with E-state index >= 15 is 0 Å². The van der Waals surface area contributed by atoms with Gasteiger partial charge in [-0.05, 0) is 26.0 Å². The van der Waals surface area contributed by atoms with Crippen LogP contribution in [0.1, 0.15) is 34.0 Å². The minimum absolute atomic E-state index is 0.378. The van der Waals surface area contributed by atoms with Crippen LogP contribution in [0.3, 0.4) is 0 Å². The van der Waals surface area contributed by atoms with Crippen molar-refractivity contribution in [2.45, 2.75) is 20.0 Å². The number of benzene rings is 2. The van der Waals surface area contributed by atoms with E-state index in [-0.39, 0.29) is 0 Å². The number of nitrogens with one attached hydrogen (secondary N) is 1. The normalized spacial score (nSPS) is 11.5. The first-order valence-electron chi connectivity index (χ1n) is 8.78. The summed E-state index contributed by atoms with van der Waals surface area (Å²) in [5.41, 5.74) is 3.23. The van der Waals surface area contributed by atoms with Crippen molar-refractivity contribution >= 4 is 28.9 Å². The van der Waals surface area contributed by atoms with E-state index in [1.807, 2.05) is 19.1 Å². The van der Waals surface area contributed by atoms with E-state index in [0.29, 0.717) is 34.2 Å². The number of esters is 1. The number of hydrogen-bond donors (Lipinski definition) is 1. The van der Waals surface area contributed by atoms with E-state index in [4.69, 9.17) is 9.47 Å². The number of carbonyl (C=O) groups is 2. The van der Waals surface area contributed by atoms with Crippen molar-refractivity contribution in [3.63, 3.8) is 0 Å². The molecule has 1 heterocycles. The van der Waals surface area contributed by atoms with Gasteiger partial charge in [0.05, 0.1) is 23.5 Å². The van der Waals surface area contributed by atoms with Gasteiger partial charge in [0, 0.05) is 5.56 Å². The van der Waals surface area contributed by atoms with E-state index < -0.39 is 18.0 Å². The number of thiazole rings is 1. The Morgan fingerprint density at radius 3 is 2.50 bits per heavy atom. The van der Waals surface area contributed by atoms with E-state index in [1.54, 1.807) is 54.9 Å². The molecule has 0 aliphatic rings. The Bertz CT molecular complexity index is 956. The van der Waals surface area contributed by atoms with Crippen molar-refractivity contribution < 1.29 is 19.1 Å². The van der Waals surface area contributed by atoms with E-state index in [1.165, 1.54) is 11.3 Å². The van der Waals surface area contributed by atoms with Crippen molar-refractivity contribution in [3.8, 4) is 5.75 Å². The number of para-hydroxylation sites is 2. The summed E-state index contributed by atoms with van der Waals surface area (Å²) in [4.78, 5) is 30.0. The van der Waals surface area contributed by atoms with Crippen LogP contribution in [0.15, 0.2) is 60.1 Å². The van der Waals surface area contributed by atoms with Gasteiger partial charge in [0.15, 0.2) is 0 Å². The first kappa shape index (κ1) is 19.6. The maximum absolute atomic E-state index is 13.0. The Morgan fingerprint density at radius 1 is 1.11 bits per heavy atom. The van der Waals surface area contributed by atoms with Gasteiger partial charge in [-0.25, -0.2) is 9.78 Å². The Kier molecular flexibility index (Phi) is 6.39.